The van der Waals surface area contributed by atoms with Gasteiger partial charge in [0.2, 0.25) is 0 Å². The van der Waals surface area contributed by atoms with Gasteiger partial charge >= 0.3 is 0 Å². The molecule has 0 atom stereocenters. The van der Waals surface area contributed by atoms with Gasteiger partial charge in [0.25, 0.3) is 0 Å². The van der Waals surface area contributed by atoms with Gasteiger partial charge in [-0.2, -0.15) is 0 Å². The Balaban J connectivity index is 2.33. The van der Waals surface area contributed by atoms with Crippen LogP contribution in [0.2, 0.25) is 0 Å². The van der Waals surface area contributed by atoms with Crippen LogP contribution in [0.5, 0.6) is 5.75 Å². The van der Waals surface area contributed by atoms with Crippen molar-refractivity contribution in [3.05, 3.63) is 54.6 Å². The van der Waals surface area contributed by atoms with Crippen molar-refractivity contribution in [3.63, 3.8) is 0 Å². The molecule has 0 unspecified atom stereocenters. The molecule has 0 aliphatic heterocycles. The molecule has 0 spiro atoms. The van der Waals surface area contributed by atoms with Gasteiger partial charge in [-0.3, -0.25) is 0 Å². The number of hydrogen-bond donors (Lipinski definition) is 0. The summed E-state index contributed by atoms with van der Waals surface area (Å²) >= 11 is 0. The number of hydrogen-bond acceptors (Lipinski definition) is 1. The van der Waals surface area contributed by atoms with Crippen LogP contribution in [-0.4, -0.2) is 6.61 Å². The SMILES string of the molecule is CCOc1cccc(-c2cc[c]cc2)c1. The molecule has 0 aromatic heterocycles. The average Bonchev–Trinajstić information content (AvgIpc) is 2.31. The molecule has 1 heteroatoms. The lowest BCUT2D eigenvalue weighted by atomic mass is 10.1. The highest BCUT2D eigenvalue weighted by molar-refractivity contribution is 5.64. The van der Waals surface area contributed by atoms with E-state index >= 15 is 0 Å². The molecule has 1 radical (unpaired) electrons. The molecule has 0 N–H and O–H groups in total. The van der Waals surface area contributed by atoms with Crippen LogP contribution < -0.4 is 4.74 Å². The second kappa shape index (κ2) is 4.65. The summed E-state index contributed by atoms with van der Waals surface area (Å²) in [6.07, 6.45) is 0. The van der Waals surface area contributed by atoms with E-state index in [0.717, 1.165) is 5.75 Å². The summed E-state index contributed by atoms with van der Waals surface area (Å²) in [7, 11) is 0. The van der Waals surface area contributed by atoms with Crippen molar-refractivity contribution in [1.29, 1.82) is 0 Å². The zero-order chi connectivity index (χ0) is 10.5. The van der Waals surface area contributed by atoms with E-state index in [1.165, 1.54) is 11.1 Å². The lowest BCUT2D eigenvalue weighted by Crippen LogP contribution is -1.90. The highest BCUT2D eigenvalue weighted by atomic mass is 16.5. The van der Waals surface area contributed by atoms with Crippen LogP contribution in [0.3, 0.4) is 0 Å². The van der Waals surface area contributed by atoms with Gasteiger partial charge in [0, 0.05) is 0 Å². The third kappa shape index (κ3) is 2.38. The molecule has 0 aliphatic rings. The minimum absolute atomic E-state index is 0.700. The van der Waals surface area contributed by atoms with E-state index in [1.54, 1.807) is 0 Å². The molecule has 0 saturated heterocycles. The van der Waals surface area contributed by atoms with Crippen molar-refractivity contribution in [2.75, 3.05) is 6.61 Å². The first kappa shape index (κ1) is 9.78. The van der Waals surface area contributed by atoms with Gasteiger partial charge in [-0.15, -0.1) is 0 Å². The first-order valence-corrected chi connectivity index (χ1v) is 5.09. The molecule has 2 aromatic rings. The Bertz CT molecular complexity index is 420. The molecule has 0 heterocycles. The van der Waals surface area contributed by atoms with Crippen LogP contribution in [0.4, 0.5) is 0 Å². The molecule has 2 aromatic carbocycles. The number of ether oxygens (including phenoxy) is 1. The number of rotatable bonds is 3. The van der Waals surface area contributed by atoms with Crippen molar-refractivity contribution in [2.24, 2.45) is 0 Å². The molecular weight excluding hydrogens is 184 g/mol. The van der Waals surface area contributed by atoms with Crippen LogP contribution in [0, 0.1) is 6.07 Å². The predicted molar refractivity (Wildman–Crippen MR) is 61.9 cm³/mol. The van der Waals surface area contributed by atoms with E-state index in [9.17, 15) is 0 Å². The topological polar surface area (TPSA) is 9.23 Å². The fourth-order valence-corrected chi connectivity index (χ4v) is 1.51. The molecule has 0 aliphatic carbocycles. The van der Waals surface area contributed by atoms with Crippen molar-refractivity contribution in [2.45, 2.75) is 6.92 Å². The van der Waals surface area contributed by atoms with Crippen molar-refractivity contribution in [3.8, 4) is 16.9 Å². The van der Waals surface area contributed by atoms with Gasteiger partial charge in [-0.05, 0) is 36.2 Å². The van der Waals surface area contributed by atoms with Gasteiger partial charge in [0.1, 0.15) is 5.75 Å². The summed E-state index contributed by atoms with van der Waals surface area (Å²) < 4.78 is 5.46. The molecule has 15 heavy (non-hydrogen) atoms. The van der Waals surface area contributed by atoms with Crippen molar-refractivity contribution < 1.29 is 4.74 Å². The fourth-order valence-electron chi connectivity index (χ4n) is 1.51. The molecular formula is C14H13O. The highest BCUT2D eigenvalue weighted by Gasteiger charge is 1.98. The van der Waals surface area contributed by atoms with Crippen molar-refractivity contribution >= 4 is 0 Å². The molecule has 0 bridgehead atoms. The molecule has 0 fully saturated rings. The zero-order valence-corrected chi connectivity index (χ0v) is 8.73. The summed E-state index contributed by atoms with van der Waals surface area (Å²) in [6, 6.07) is 19.1. The Morgan fingerprint density at radius 2 is 1.87 bits per heavy atom. The summed E-state index contributed by atoms with van der Waals surface area (Å²) in [5, 5.41) is 0. The van der Waals surface area contributed by atoms with Crippen LogP contribution in [0.1, 0.15) is 6.92 Å². The fraction of sp³-hybridized carbons (Fsp3) is 0.143. The van der Waals surface area contributed by atoms with E-state index in [1.807, 2.05) is 43.3 Å². The molecule has 0 amide bonds. The second-order valence-electron chi connectivity index (χ2n) is 3.25. The maximum absolute atomic E-state index is 5.46. The minimum Gasteiger partial charge on any atom is -0.494 e. The standard InChI is InChI=1S/C14H13O/c1-2-15-14-10-6-9-13(11-14)12-7-4-3-5-8-12/h4-11H,2H2,1H3. The van der Waals surface area contributed by atoms with Crippen LogP contribution >= 0.6 is 0 Å². The lowest BCUT2D eigenvalue weighted by Gasteiger charge is -2.05. The molecule has 0 saturated carbocycles. The monoisotopic (exact) mass is 197 g/mol. The summed E-state index contributed by atoms with van der Waals surface area (Å²) in [5.41, 5.74) is 2.37. The Morgan fingerprint density at radius 3 is 2.60 bits per heavy atom. The van der Waals surface area contributed by atoms with E-state index in [4.69, 9.17) is 4.74 Å². The van der Waals surface area contributed by atoms with Crippen molar-refractivity contribution in [1.82, 2.24) is 0 Å². The van der Waals surface area contributed by atoms with Crippen LogP contribution in [-0.2, 0) is 0 Å². The maximum atomic E-state index is 5.46. The quantitative estimate of drug-likeness (QED) is 0.731. The first-order chi connectivity index (χ1) is 7.40. The Morgan fingerprint density at radius 1 is 1.07 bits per heavy atom. The van der Waals surface area contributed by atoms with E-state index in [0.29, 0.717) is 6.61 Å². The highest BCUT2D eigenvalue weighted by Crippen LogP contribution is 2.23. The molecule has 75 valence electrons. The van der Waals surface area contributed by atoms with Crippen LogP contribution in [0.25, 0.3) is 11.1 Å². The first-order valence-electron chi connectivity index (χ1n) is 5.09. The Hall–Kier alpha value is -1.76. The molecule has 2 rings (SSSR count). The Labute approximate surface area is 90.3 Å². The number of benzene rings is 2. The third-order valence-electron chi connectivity index (χ3n) is 2.20. The molecule has 1 nitrogen and oxygen atoms in total. The predicted octanol–water partition coefficient (Wildman–Crippen LogP) is 3.55. The minimum atomic E-state index is 0.700. The van der Waals surface area contributed by atoms with Gasteiger partial charge in [0.15, 0.2) is 0 Å². The van der Waals surface area contributed by atoms with Gasteiger partial charge in [-0.25, -0.2) is 0 Å². The van der Waals surface area contributed by atoms with E-state index in [-0.39, 0.29) is 0 Å². The van der Waals surface area contributed by atoms with Crippen LogP contribution in [0.15, 0.2) is 48.5 Å². The summed E-state index contributed by atoms with van der Waals surface area (Å²) in [5.74, 6) is 0.919. The van der Waals surface area contributed by atoms with E-state index < -0.39 is 0 Å². The average molecular weight is 197 g/mol. The third-order valence-corrected chi connectivity index (χ3v) is 2.20. The summed E-state index contributed by atoms with van der Waals surface area (Å²) in [6.45, 7) is 2.69. The maximum Gasteiger partial charge on any atom is 0.119 e. The summed E-state index contributed by atoms with van der Waals surface area (Å²) in [4.78, 5) is 0. The van der Waals surface area contributed by atoms with Gasteiger partial charge < -0.3 is 4.74 Å². The lowest BCUT2D eigenvalue weighted by molar-refractivity contribution is 0.340. The van der Waals surface area contributed by atoms with E-state index in [2.05, 4.69) is 18.2 Å². The zero-order valence-electron chi connectivity index (χ0n) is 8.73. The smallest absolute Gasteiger partial charge is 0.119 e. The Kier molecular flexibility index (Phi) is 3.03. The normalized spacial score (nSPS) is 9.93. The second-order valence-corrected chi connectivity index (χ2v) is 3.25. The van der Waals surface area contributed by atoms with Gasteiger partial charge in [0.05, 0.1) is 6.61 Å². The van der Waals surface area contributed by atoms with Gasteiger partial charge in [-0.1, -0.05) is 36.4 Å². The largest absolute Gasteiger partial charge is 0.494 e.